The lowest BCUT2D eigenvalue weighted by Crippen LogP contribution is -1.99. The first kappa shape index (κ1) is 13.8. The van der Waals surface area contributed by atoms with E-state index in [0.717, 1.165) is 25.8 Å². The smallest absolute Gasteiger partial charge is 0.215 e. The third kappa shape index (κ3) is 2.19. The van der Waals surface area contributed by atoms with Crippen LogP contribution in [0.2, 0.25) is 0 Å². The summed E-state index contributed by atoms with van der Waals surface area (Å²) in [5.41, 5.74) is 2.49. The van der Waals surface area contributed by atoms with Crippen LogP contribution >= 0.6 is 44.1 Å². The lowest BCUT2D eigenvalue weighted by Gasteiger charge is -2.09. The number of nitrogens with one attached hydrogen (secondary N) is 1. The molecule has 2 aromatic heterocycles. The van der Waals surface area contributed by atoms with Gasteiger partial charge in [0.25, 0.3) is 0 Å². The monoisotopic (exact) mass is 413 g/mol. The van der Waals surface area contributed by atoms with Crippen molar-refractivity contribution in [2.45, 2.75) is 0 Å². The summed E-state index contributed by atoms with van der Waals surface area (Å²) >= 11 is 12.5. The van der Waals surface area contributed by atoms with Gasteiger partial charge in [-0.25, -0.2) is 0 Å². The molecule has 2 heterocycles. The van der Waals surface area contributed by atoms with Gasteiger partial charge in [0.05, 0.1) is 18.3 Å². The van der Waals surface area contributed by atoms with Gasteiger partial charge >= 0.3 is 0 Å². The maximum absolute atomic E-state index is 5.42. The van der Waals surface area contributed by atoms with Gasteiger partial charge in [-0.3, -0.25) is 4.57 Å². The maximum Gasteiger partial charge on any atom is 0.215 e. The number of halogens is 2. The van der Waals surface area contributed by atoms with E-state index in [1.54, 1.807) is 13.2 Å². The van der Waals surface area contributed by atoms with E-state index in [1.807, 2.05) is 28.8 Å². The molecule has 102 valence electrons. The van der Waals surface area contributed by atoms with Crippen molar-refractivity contribution in [2.75, 3.05) is 7.11 Å². The molecule has 4 nitrogen and oxygen atoms in total. The molecule has 0 aliphatic rings. The number of fused-ring (bicyclic) bond motifs is 1. The van der Waals surface area contributed by atoms with Crippen molar-refractivity contribution in [3.8, 4) is 11.6 Å². The molecule has 0 radical (unpaired) electrons. The molecule has 0 saturated carbocycles. The summed E-state index contributed by atoms with van der Waals surface area (Å²) < 4.78 is 9.49. The zero-order valence-corrected chi connectivity index (χ0v) is 14.3. The Balaban J connectivity index is 2.41. The summed E-state index contributed by atoms with van der Waals surface area (Å²) in [5.74, 6) is 0.545. The van der Waals surface area contributed by atoms with Crippen molar-refractivity contribution in [3.63, 3.8) is 0 Å². The lowest BCUT2D eigenvalue weighted by molar-refractivity contribution is 0.399. The van der Waals surface area contributed by atoms with Crippen LogP contribution in [0, 0.1) is 4.77 Å². The number of nitrogens with zero attached hydrogens (tertiary/aromatic N) is 2. The first-order chi connectivity index (χ1) is 9.61. The van der Waals surface area contributed by atoms with Gasteiger partial charge < -0.3 is 9.72 Å². The number of H-pyrrole nitrogens is 1. The third-order valence-corrected chi connectivity index (χ3v) is 4.44. The standard InChI is InChI=1S/C13H9Br2N3OS/c1-19-10-6-5-9-12(17-10)18(13(20)16-9)11-7(14)3-2-4-8(11)15/h2-6H,1H3,(H,16,20). The summed E-state index contributed by atoms with van der Waals surface area (Å²) in [7, 11) is 1.59. The maximum atomic E-state index is 5.42. The second-order valence-corrected chi connectivity index (χ2v) is 6.16. The minimum atomic E-state index is 0.545. The van der Waals surface area contributed by atoms with E-state index in [1.165, 1.54) is 0 Å². The van der Waals surface area contributed by atoms with Gasteiger partial charge in [-0.2, -0.15) is 4.98 Å². The predicted octanol–water partition coefficient (Wildman–Crippen LogP) is 4.62. The van der Waals surface area contributed by atoms with E-state index in [0.29, 0.717) is 10.7 Å². The van der Waals surface area contributed by atoms with Crippen molar-refractivity contribution in [1.82, 2.24) is 14.5 Å². The predicted molar refractivity (Wildman–Crippen MR) is 88.2 cm³/mol. The second kappa shape index (κ2) is 5.31. The average molecular weight is 415 g/mol. The van der Waals surface area contributed by atoms with Crippen LogP contribution in [0.5, 0.6) is 5.88 Å². The minimum Gasteiger partial charge on any atom is -0.481 e. The first-order valence-electron chi connectivity index (χ1n) is 5.72. The number of rotatable bonds is 2. The van der Waals surface area contributed by atoms with Gasteiger partial charge in [0.15, 0.2) is 10.4 Å². The number of methoxy groups -OCH3 is 1. The van der Waals surface area contributed by atoms with Gasteiger partial charge in [0.2, 0.25) is 5.88 Å². The number of hydrogen-bond donors (Lipinski definition) is 1. The van der Waals surface area contributed by atoms with Crippen LogP contribution in [0.1, 0.15) is 0 Å². The first-order valence-corrected chi connectivity index (χ1v) is 7.71. The van der Waals surface area contributed by atoms with Crippen LogP contribution in [-0.2, 0) is 0 Å². The molecule has 0 spiro atoms. The van der Waals surface area contributed by atoms with Gasteiger partial charge in [-0.1, -0.05) is 6.07 Å². The highest BCUT2D eigenvalue weighted by molar-refractivity contribution is 9.11. The van der Waals surface area contributed by atoms with E-state index >= 15 is 0 Å². The third-order valence-electron chi connectivity index (χ3n) is 2.88. The molecule has 1 N–H and O–H groups in total. The fourth-order valence-corrected chi connectivity index (χ4v) is 3.63. The summed E-state index contributed by atoms with van der Waals surface area (Å²) in [4.78, 5) is 7.62. The van der Waals surface area contributed by atoms with Gasteiger partial charge in [-0.15, -0.1) is 0 Å². The van der Waals surface area contributed by atoms with Crippen LogP contribution in [0.3, 0.4) is 0 Å². The van der Waals surface area contributed by atoms with Crippen LogP contribution in [0.25, 0.3) is 16.9 Å². The molecule has 0 unspecified atom stereocenters. The lowest BCUT2D eigenvalue weighted by atomic mass is 10.3. The quantitative estimate of drug-likeness (QED) is 0.622. The Morgan fingerprint density at radius 3 is 2.55 bits per heavy atom. The highest BCUT2D eigenvalue weighted by Gasteiger charge is 2.14. The number of para-hydroxylation sites is 1. The number of benzene rings is 1. The fraction of sp³-hybridized carbons (Fsp3) is 0.0769. The second-order valence-electron chi connectivity index (χ2n) is 4.06. The molecule has 0 bridgehead atoms. The molecule has 3 rings (SSSR count). The van der Waals surface area contributed by atoms with Gasteiger partial charge in [0, 0.05) is 15.0 Å². The Morgan fingerprint density at radius 2 is 1.90 bits per heavy atom. The highest BCUT2D eigenvalue weighted by atomic mass is 79.9. The molecule has 1 aromatic carbocycles. The largest absolute Gasteiger partial charge is 0.481 e. The molecule has 0 fully saturated rings. The van der Waals surface area contributed by atoms with Gasteiger partial charge in [-0.05, 0) is 62.3 Å². The SMILES string of the molecule is COc1ccc2[nH]c(=S)n(-c3c(Br)cccc3Br)c2n1. The summed E-state index contributed by atoms with van der Waals surface area (Å²) in [6, 6.07) is 9.57. The molecule has 0 saturated heterocycles. The van der Waals surface area contributed by atoms with Crippen molar-refractivity contribution < 1.29 is 4.74 Å². The summed E-state index contributed by atoms with van der Waals surface area (Å²) in [6.07, 6.45) is 0. The van der Waals surface area contributed by atoms with Crippen LogP contribution in [0.15, 0.2) is 39.3 Å². The van der Waals surface area contributed by atoms with Crippen molar-refractivity contribution in [2.24, 2.45) is 0 Å². The Bertz CT molecular complexity index is 836. The number of aromatic amines is 1. The topological polar surface area (TPSA) is 42.8 Å². The van der Waals surface area contributed by atoms with Crippen LogP contribution in [-0.4, -0.2) is 21.6 Å². The number of hydrogen-bond acceptors (Lipinski definition) is 3. The molecule has 0 aliphatic carbocycles. The van der Waals surface area contributed by atoms with Gasteiger partial charge in [0.1, 0.15) is 0 Å². The van der Waals surface area contributed by atoms with Crippen molar-refractivity contribution >= 4 is 55.2 Å². The molecule has 0 aliphatic heterocycles. The molecular weight excluding hydrogens is 406 g/mol. The van der Waals surface area contributed by atoms with Crippen molar-refractivity contribution in [1.29, 1.82) is 0 Å². The molecule has 3 aromatic rings. The molecule has 7 heteroatoms. The zero-order chi connectivity index (χ0) is 14.3. The highest BCUT2D eigenvalue weighted by Crippen LogP contribution is 2.32. The van der Waals surface area contributed by atoms with E-state index in [-0.39, 0.29) is 0 Å². The molecule has 20 heavy (non-hydrogen) atoms. The minimum absolute atomic E-state index is 0.545. The number of imidazole rings is 1. The van der Waals surface area contributed by atoms with E-state index < -0.39 is 0 Å². The van der Waals surface area contributed by atoms with E-state index in [2.05, 4.69) is 41.8 Å². The Hall–Kier alpha value is -1.18. The average Bonchev–Trinajstić information content (AvgIpc) is 2.74. The summed E-state index contributed by atoms with van der Waals surface area (Å²) in [5, 5.41) is 0. The number of ether oxygens (including phenoxy) is 1. The summed E-state index contributed by atoms with van der Waals surface area (Å²) in [6.45, 7) is 0. The van der Waals surface area contributed by atoms with Crippen LogP contribution < -0.4 is 4.74 Å². The molecule has 0 atom stereocenters. The molecular formula is C13H9Br2N3OS. The Kier molecular flexibility index (Phi) is 3.66. The fourth-order valence-electron chi connectivity index (χ4n) is 1.99. The number of aromatic nitrogens is 3. The number of pyridine rings is 1. The Morgan fingerprint density at radius 1 is 1.20 bits per heavy atom. The van der Waals surface area contributed by atoms with E-state index in [4.69, 9.17) is 17.0 Å². The Labute approximate surface area is 137 Å². The molecule has 0 amide bonds. The van der Waals surface area contributed by atoms with Crippen LogP contribution in [0.4, 0.5) is 0 Å². The zero-order valence-electron chi connectivity index (χ0n) is 10.4. The van der Waals surface area contributed by atoms with Crippen molar-refractivity contribution in [3.05, 3.63) is 44.0 Å². The van der Waals surface area contributed by atoms with E-state index in [9.17, 15) is 0 Å². The normalized spacial score (nSPS) is 10.9.